The average molecular weight is 462 g/mol. The maximum Gasteiger partial charge on any atom is 0.251 e. The Bertz CT molecular complexity index is 1240. The molecule has 0 saturated heterocycles. The van der Waals surface area contributed by atoms with Crippen LogP contribution in [0, 0.1) is 0 Å². The smallest absolute Gasteiger partial charge is 0.251 e. The summed E-state index contributed by atoms with van der Waals surface area (Å²) in [6.07, 6.45) is 1.69. The second-order valence-electron chi connectivity index (χ2n) is 8.03. The predicted molar refractivity (Wildman–Crippen MR) is 133 cm³/mol. The highest BCUT2D eigenvalue weighted by molar-refractivity contribution is 6.31. The second-order valence-corrected chi connectivity index (χ2v) is 8.44. The Labute approximate surface area is 199 Å². The summed E-state index contributed by atoms with van der Waals surface area (Å²) in [5, 5.41) is 3.68. The molecule has 4 aromatic rings. The quantitative estimate of drug-likeness (QED) is 0.293. The number of amides is 1. The minimum atomic E-state index is -0.302. The van der Waals surface area contributed by atoms with Crippen LogP contribution in [-0.2, 0) is 6.54 Å². The highest BCUT2D eigenvalue weighted by Crippen LogP contribution is 2.28. The van der Waals surface area contributed by atoms with Gasteiger partial charge in [-0.05, 0) is 55.3 Å². The Morgan fingerprint density at radius 2 is 1.85 bits per heavy atom. The van der Waals surface area contributed by atoms with Crippen LogP contribution in [-0.4, -0.2) is 22.0 Å². The number of carbonyl (C=O) groups is 1. The number of hydrogen-bond donors (Lipinski definition) is 1. The first-order valence-electron chi connectivity index (χ1n) is 11.3. The van der Waals surface area contributed by atoms with Gasteiger partial charge in [0.25, 0.3) is 5.91 Å². The predicted octanol–water partition coefficient (Wildman–Crippen LogP) is 6.41. The van der Waals surface area contributed by atoms with Gasteiger partial charge in [-0.25, -0.2) is 4.98 Å². The molecule has 4 rings (SSSR count). The summed E-state index contributed by atoms with van der Waals surface area (Å²) in [7, 11) is 0. The molecular weight excluding hydrogens is 434 g/mol. The molecule has 0 saturated carbocycles. The lowest BCUT2D eigenvalue weighted by molar-refractivity contribution is 0.0953. The molecule has 1 amide bonds. The van der Waals surface area contributed by atoms with Gasteiger partial charge in [-0.2, -0.15) is 0 Å². The third-order valence-electron chi connectivity index (χ3n) is 5.56. The van der Waals surface area contributed by atoms with Crippen molar-refractivity contribution in [1.29, 1.82) is 0 Å². The van der Waals surface area contributed by atoms with E-state index in [1.807, 2.05) is 79.7 Å². The Kier molecular flexibility index (Phi) is 7.30. The Morgan fingerprint density at radius 3 is 2.61 bits per heavy atom. The number of hydrogen-bond acceptors (Lipinski definition) is 3. The molecule has 1 heterocycles. The SMILES string of the molecule is CCCCNC(=O)c1ccc2c(c1)nc(C(C)Oc1ccccc1)n2Cc1ccccc1Cl. The van der Waals surface area contributed by atoms with Gasteiger partial charge < -0.3 is 14.6 Å². The molecule has 1 unspecified atom stereocenters. The van der Waals surface area contributed by atoms with Gasteiger partial charge >= 0.3 is 0 Å². The van der Waals surface area contributed by atoms with Crippen LogP contribution >= 0.6 is 11.6 Å². The molecule has 1 N–H and O–H groups in total. The number of nitrogens with one attached hydrogen (secondary N) is 1. The van der Waals surface area contributed by atoms with Crippen molar-refractivity contribution in [3.05, 3.63) is 94.8 Å². The number of aromatic nitrogens is 2. The largest absolute Gasteiger partial charge is 0.483 e. The lowest BCUT2D eigenvalue weighted by Gasteiger charge is -2.17. The van der Waals surface area contributed by atoms with Crippen molar-refractivity contribution in [2.75, 3.05) is 6.54 Å². The van der Waals surface area contributed by atoms with Crippen molar-refractivity contribution in [3.8, 4) is 5.75 Å². The summed E-state index contributed by atoms with van der Waals surface area (Å²) < 4.78 is 8.30. The van der Waals surface area contributed by atoms with Crippen LogP contribution in [0.3, 0.4) is 0 Å². The van der Waals surface area contributed by atoms with Crippen LogP contribution in [0.25, 0.3) is 11.0 Å². The zero-order chi connectivity index (χ0) is 23.2. The number of ether oxygens (including phenoxy) is 1. The van der Waals surface area contributed by atoms with Crippen molar-refractivity contribution >= 4 is 28.5 Å². The van der Waals surface area contributed by atoms with Gasteiger partial charge in [0.2, 0.25) is 0 Å². The molecule has 0 aliphatic heterocycles. The van der Waals surface area contributed by atoms with Gasteiger partial charge in [0.1, 0.15) is 5.75 Å². The summed E-state index contributed by atoms with van der Waals surface area (Å²) in [5.41, 5.74) is 3.28. The van der Waals surface area contributed by atoms with Crippen molar-refractivity contribution < 1.29 is 9.53 Å². The number of fused-ring (bicyclic) bond motifs is 1. The maximum absolute atomic E-state index is 12.6. The first kappa shape index (κ1) is 22.9. The van der Waals surface area contributed by atoms with E-state index in [0.717, 1.165) is 41.0 Å². The second kappa shape index (κ2) is 10.5. The van der Waals surface area contributed by atoms with Gasteiger partial charge in [-0.3, -0.25) is 4.79 Å². The fraction of sp³-hybridized carbons (Fsp3) is 0.259. The standard InChI is InChI=1S/C27H28ClN3O2/c1-3-4-16-29-27(32)20-14-15-25-24(17-20)30-26(19(2)33-22-11-6-5-7-12-22)31(25)18-21-10-8-9-13-23(21)28/h5-15,17,19H,3-4,16,18H2,1-2H3,(H,29,32). The van der Waals surface area contributed by atoms with Gasteiger partial charge in [-0.1, -0.05) is 61.3 Å². The van der Waals surface area contributed by atoms with Crippen molar-refractivity contribution in [1.82, 2.24) is 14.9 Å². The number of rotatable bonds is 9. The molecule has 0 aliphatic rings. The van der Waals surface area contributed by atoms with E-state index in [-0.39, 0.29) is 12.0 Å². The van der Waals surface area contributed by atoms with E-state index in [0.29, 0.717) is 23.7 Å². The summed E-state index contributed by atoms with van der Waals surface area (Å²) in [6, 6.07) is 23.1. The number of unbranched alkanes of at least 4 members (excludes halogenated alkanes) is 1. The molecule has 33 heavy (non-hydrogen) atoms. The molecular formula is C27H28ClN3O2. The number of imidazole rings is 1. The molecule has 0 spiro atoms. The van der Waals surface area contributed by atoms with E-state index in [4.69, 9.17) is 21.3 Å². The third kappa shape index (κ3) is 5.37. The average Bonchev–Trinajstić information content (AvgIpc) is 3.19. The van der Waals surface area contributed by atoms with Crippen LogP contribution in [0.1, 0.15) is 54.5 Å². The van der Waals surface area contributed by atoms with Gasteiger partial charge in [0.15, 0.2) is 11.9 Å². The van der Waals surface area contributed by atoms with Crippen LogP contribution in [0.15, 0.2) is 72.8 Å². The monoisotopic (exact) mass is 461 g/mol. The fourth-order valence-electron chi connectivity index (χ4n) is 3.80. The van der Waals surface area contributed by atoms with Crippen molar-refractivity contribution in [3.63, 3.8) is 0 Å². The van der Waals surface area contributed by atoms with E-state index in [2.05, 4.69) is 16.8 Å². The van der Waals surface area contributed by atoms with Crippen LogP contribution in [0.2, 0.25) is 5.02 Å². The van der Waals surface area contributed by atoms with Crippen molar-refractivity contribution in [2.45, 2.75) is 39.3 Å². The number of halogens is 1. The maximum atomic E-state index is 12.6. The van der Waals surface area contributed by atoms with E-state index in [9.17, 15) is 4.79 Å². The third-order valence-corrected chi connectivity index (χ3v) is 5.93. The number of nitrogens with zero attached hydrogens (tertiary/aromatic N) is 2. The van der Waals surface area contributed by atoms with E-state index >= 15 is 0 Å². The summed E-state index contributed by atoms with van der Waals surface area (Å²) in [6.45, 7) is 5.30. The Balaban J connectivity index is 1.71. The topological polar surface area (TPSA) is 56.1 Å². The number of benzene rings is 3. The van der Waals surface area contributed by atoms with Gasteiger partial charge in [-0.15, -0.1) is 0 Å². The molecule has 1 aromatic heterocycles. The minimum Gasteiger partial charge on any atom is -0.483 e. The molecule has 0 bridgehead atoms. The molecule has 3 aromatic carbocycles. The molecule has 0 fully saturated rings. The zero-order valence-electron chi connectivity index (χ0n) is 18.9. The number of para-hydroxylation sites is 1. The van der Waals surface area contributed by atoms with Gasteiger partial charge in [0.05, 0.1) is 17.6 Å². The highest BCUT2D eigenvalue weighted by Gasteiger charge is 2.20. The molecule has 170 valence electrons. The molecule has 1 atom stereocenters. The summed E-state index contributed by atoms with van der Waals surface area (Å²) >= 11 is 6.46. The molecule has 0 radical (unpaired) electrons. The van der Waals surface area contributed by atoms with Crippen LogP contribution in [0.5, 0.6) is 5.75 Å². The Hall–Kier alpha value is -3.31. The Morgan fingerprint density at radius 1 is 1.09 bits per heavy atom. The first-order valence-corrected chi connectivity index (χ1v) is 11.7. The lowest BCUT2D eigenvalue weighted by atomic mass is 10.1. The van der Waals surface area contributed by atoms with Gasteiger partial charge in [0, 0.05) is 17.1 Å². The number of carbonyl (C=O) groups excluding carboxylic acids is 1. The summed E-state index contributed by atoms with van der Waals surface area (Å²) in [5.74, 6) is 1.47. The van der Waals surface area contributed by atoms with Crippen molar-refractivity contribution in [2.24, 2.45) is 0 Å². The van der Waals surface area contributed by atoms with Crippen LogP contribution in [0.4, 0.5) is 0 Å². The van der Waals surface area contributed by atoms with E-state index in [1.165, 1.54) is 0 Å². The normalized spacial score (nSPS) is 12.0. The van der Waals surface area contributed by atoms with E-state index in [1.54, 1.807) is 0 Å². The zero-order valence-corrected chi connectivity index (χ0v) is 19.7. The lowest BCUT2D eigenvalue weighted by Crippen LogP contribution is -2.24. The van der Waals surface area contributed by atoms with Crippen LogP contribution < -0.4 is 10.1 Å². The first-order chi connectivity index (χ1) is 16.1. The summed E-state index contributed by atoms with van der Waals surface area (Å²) in [4.78, 5) is 17.5. The molecule has 6 heteroatoms. The van der Waals surface area contributed by atoms with E-state index < -0.39 is 0 Å². The molecule has 5 nitrogen and oxygen atoms in total. The minimum absolute atomic E-state index is 0.0823. The highest BCUT2D eigenvalue weighted by atomic mass is 35.5. The fourth-order valence-corrected chi connectivity index (χ4v) is 4.00. The molecule has 0 aliphatic carbocycles.